The molecule has 5 atom stereocenters. The molecule has 15 heteroatoms. The van der Waals surface area contributed by atoms with E-state index in [0.717, 1.165) is 4.67 Å². The number of morpholine rings is 1. The average molecular weight is 431 g/mol. The SMILES string of the molecule is Nc1nc2c(ncn2[C@@H]2O[C@H](COP(=O)([O-])N3CCOCC3)[C@@H](O)[C@H]2O)c(=O)[nH]1. The third-order valence-electron chi connectivity index (χ3n) is 4.80. The van der Waals surface area contributed by atoms with Crippen LogP contribution in [0.5, 0.6) is 0 Å². The van der Waals surface area contributed by atoms with Crippen LogP contribution in [-0.4, -0.2) is 85.6 Å². The molecule has 2 aliphatic rings. The van der Waals surface area contributed by atoms with Crippen molar-refractivity contribution in [1.29, 1.82) is 0 Å². The van der Waals surface area contributed by atoms with E-state index in [9.17, 15) is 24.5 Å². The number of ether oxygens (including phenoxy) is 2. The Morgan fingerprint density at radius 3 is 2.83 bits per heavy atom. The van der Waals surface area contributed by atoms with Crippen LogP contribution in [0, 0.1) is 0 Å². The minimum Gasteiger partial charge on any atom is -0.766 e. The Kier molecular flexibility index (Phi) is 5.44. The molecule has 0 aliphatic carbocycles. The molecule has 2 fully saturated rings. The Balaban J connectivity index is 1.50. The molecular weight excluding hydrogens is 411 g/mol. The minimum atomic E-state index is -4.36. The van der Waals surface area contributed by atoms with Crippen molar-refractivity contribution in [2.45, 2.75) is 24.5 Å². The molecule has 2 aromatic rings. The van der Waals surface area contributed by atoms with Gasteiger partial charge in [-0.15, -0.1) is 0 Å². The third kappa shape index (κ3) is 3.81. The van der Waals surface area contributed by atoms with E-state index in [1.165, 1.54) is 10.9 Å². The lowest BCUT2D eigenvalue weighted by atomic mass is 10.1. The number of hydrogen-bond donors (Lipinski definition) is 4. The highest BCUT2D eigenvalue weighted by molar-refractivity contribution is 7.48. The number of nitrogens with zero attached hydrogens (tertiary/aromatic N) is 4. The molecule has 1 unspecified atom stereocenters. The number of aromatic amines is 1. The van der Waals surface area contributed by atoms with Crippen molar-refractivity contribution in [2.24, 2.45) is 0 Å². The van der Waals surface area contributed by atoms with Gasteiger partial charge >= 0.3 is 0 Å². The van der Waals surface area contributed by atoms with Gasteiger partial charge in [-0.05, 0) is 0 Å². The zero-order valence-corrected chi connectivity index (χ0v) is 16.0. The van der Waals surface area contributed by atoms with Gasteiger partial charge in [-0.2, -0.15) is 4.98 Å². The van der Waals surface area contributed by atoms with Crippen LogP contribution in [0.1, 0.15) is 6.23 Å². The number of H-pyrrole nitrogens is 1. The maximum atomic E-state index is 12.3. The second-order valence-corrected chi connectivity index (χ2v) is 8.41. The maximum Gasteiger partial charge on any atom is 0.280 e. The highest BCUT2D eigenvalue weighted by Gasteiger charge is 2.45. The van der Waals surface area contributed by atoms with E-state index in [2.05, 4.69) is 15.0 Å². The Hall–Kier alpha value is -1.90. The van der Waals surface area contributed by atoms with Crippen LogP contribution >= 0.6 is 7.75 Å². The van der Waals surface area contributed by atoms with Crippen LogP contribution in [0.25, 0.3) is 11.2 Å². The quantitative estimate of drug-likeness (QED) is 0.353. The van der Waals surface area contributed by atoms with Crippen LogP contribution < -0.4 is 16.2 Å². The molecule has 2 aliphatic heterocycles. The van der Waals surface area contributed by atoms with Gasteiger partial charge < -0.3 is 34.8 Å². The maximum absolute atomic E-state index is 12.3. The summed E-state index contributed by atoms with van der Waals surface area (Å²) in [5.41, 5.74) is 5.00. The molecule has 0 saturated carbocycles. The molecule has 0 spiro atoms. The van der Waals surface area contributed by atoms with Crippen molar-refractivity contribution in [1.82, 2.24) is 24.2 Å². The smallest absolute Gasteiger partial charge is 0.280 e. The normalized spacial score (nSPS) is 30.6. The van der Waals surface area contributed by atoms with Crippen molar-refractivity contribution < 1.29 is 33.7 Å². The summed E-state index contributed by atoms with van der Waals surface area (Å²) in [7, 11) is -4.36. The molecule has 4 heterocycles. The fourth-order valence-corrected chi connectivity index (χ4v) is 4.43. The molecule has 0 bridgehead atoms. The molecule has 0 amide bonds. The number of imidazole rings is 1. The summed E-state index contributed by atoms with van der Waals surface area (Å²) in [5.74, 6) is -0.157. The Morgan fingerprint density at radius 1 is 1.38 bits per heavy atom. The van der Waals surface area contributed by atoms with E-state index in [1.807, 2.05) is 0 Å². The summed E-state index contributed by atoms with van der Waals surface area (Å²) in [6.07, 6.45) is -4.00. The molecule has 2 saturated heterocycles. The molecule has 5 N–H and O–H groups in total. The van der Waals surface area contributed by atoms with Gasteiger partial charge in [0.25, 0.3) is 5.56 Å². The first kappa shape index (κ1) is 20.4. The first-order valence-electron chi connectivity index (χ1n) is 8.80. The number of nitrogens with two attached hydrogens (primary N) is 1. The van der Waals surface area contributed by atoms with E-state index in [-0.39, 0.29) is 43.4 Å². The summed E-state index contributed by atoms with van der Waals surface area (Å²) in [5, 5.41) is 20.7. The topological polar surface area (TPSA) is 201 Å². The highest BCUT2D eigenvalue weighted by atomic mass is 31.2. The fraction of sp³-hybridized carbons (Fsp3) is 0.643. The average Bonchev–Trinajstić information content (AvgIpc) is 3.23. The number of aliphatic hydroxyl groups is 2. The lowest BCUT2D eigenvalue weighted by molar-refractivity contribution is -0.218. The number of nitrogens with one attached hydrogen (secondary N) is 1. The monoisotopic (exact) mass is 431 g/mol. The van der Waals surface area contributed by atoms with Gasteiger partial charge in [0.15, 0.2) is 17.4 Å². The number of hydrogen-bond acceptors (Lipinski definition) is 11. The van der Waals surface area contributed by atoms with Gasteiger partial charge in [-0.3, -0.25) is 18.9 Å². The summed E-state index contributed by atoms with van der Waals surface area (Å²) >= 11 is 0. The number of anilines is 1. The summed E-state index contributed by atoms with van der Waals surface area (Å²) in [6, 6.07) is 0. The number of nitrogen functional groups attached to an aromatic ring is 1. The van der Waals surface area contributed by atoms with Crippen LogP contribution in [0.2, 0.25) is 0 Å². The van der Waals surface area contributed by atoms with E-state index in [1.54, 1.807) is 0 Å². The summed E-state index contributed by atoms with van der Waals surface area (Å²) in [4.78, 5) is 34.4. The molecular formula is C14H20N6O8P-. The Morgan fingerprint density at radius 2 is 2.10 bits per heavy atom. The van der Waals surface area contributed by atoms with Gasteiger partial charge in [0, 0.05) is 13.1 Å². The van der Waals surface area contributed by atoms with Gasteiger partial charge in [0.1, 0.15) is 18.3 Å². The third-order valence-corrected chi connectivity index (χ3v) is 6.37. The second kappa shape index (κ2) is 7.74. The largest absolute Gasteiger partial charge is 0.766 e. The van der Waals surface area contributed by atoms with Crippen molar-refractivity contribution in [3.63, 3.8) is 0 Å². The Bertz CT molecular complexity index is 990. The molecule has 0 aromatic carbocycles. The Labute approximate surface area is 163 Å². The number of aromatic nitrogens is 4. The van der Waals surface area contributed by atoms with Crippen molar-refractivity contribution in [2.75, 3.05) is 38.6 Å². The molecule has 4 rings (SSSR count). The first-order valence-corrected chi connectivity index (χ1v) is 10.3. The predicted octanol–water partition coefficient (Wildman–Crippen LogP) is -2.86. The molecule has 2 aromatic heterocycles. The summed E-state index contributed by atoms with van der Waals surface area (Å²) in [6.45, 7) is 0.366. The van der Waals surface area contributed by atoms with Crippen molar-refractivity contribution in [3.8, 4) is 0 Å². The predicted molar refractivity (Wildman–Crippen MR) is 94.4 cm³/mol. The van der Waals surface area contributed by atoms with Crippen LogP contribution in [-0.2, 0) is 18.6 Å². The zero-order valence-electron chi connectivity index (χ0n) is 15.1. The van der Waals surface area contributed by atoms with Crippen LogP contribution in [0.4, 0.5) is 5.95 Å². The van der Waals surface area contributed by atoms with E-state index in [4.69, 9.17) is 19.7 Å². The van der Waals surface area contributed by atoms with Gasteiger partial charge in [0.05, 0.1) is 26.1 Å². The number of fused-ring (bicyclic) bond motifs is 1. The number of rotatable bonds is 5. The van der Waals surface area contributed by atoms with Crippen LogP contribution in [0.15, 0.2) is 11.1 Å². The molecule has 29 heavy (non-hydrogen) atoms. The van der Waals surface area contributed by atoms with Crippen molar-refractivity contribution in [3.05, 3.63) is 16.7 Å². The lowest BCUT2D eigenvalue weighted by Crippen LogP contribution is -2.39. The van der Waals surface area contributed by atoms with E-state index in [0.29, 0.717) is 0 Å². The van der Waals surface area contributed by atoms with Crippen molar-refractivity contribution >= 4 is 24.9 Å². The molecule has 14 nitrogen and oxygen atoms in total. The van der Waals surface area contributed by atoms with Gasteiger partial charge in [-0.25, -0.2) is 9.65 Å². The lowest BCUT2D eigenvalue weighted by Gasteiger charge is -2.37. The standard InChI is InChI=1S/C14H21N6O8P/c15-14-17-11-8(12(23)18-14)16-6-20(11)13-10(22)9(21)7(28-13)5-27-29(24,25)19-1-3-26-4-2-19/h6-7,9-10,13,21-22H,1-5H2,(H,24,25)(H3,15,17,18,23)/p-1/t7-,9-,10-,13-/m1/s1. The molecule has 0 radical (unpaired) electrons. The minimum absolute atomic E-state index is 0.0273. The second-order valence-electron chi connectivity index (χ2n) is 6.65. The summed E-state index contributed by atoms with van der Waals surface area (Å²) < 4.78 is 30.4. The molecule has 160 valence electrons. The van der Waals surface area contributed by atoms with E-state index >= 15 is 0 Å². The van der Waals surface area contributed by atoms with Crippen LogP contribution in [0.3, 0.4) is 0 Å². The number of aliphatic hydroxyl groups excluding tert-OH is 2. The zero-order chi connectivity index (χ0) is 20.8. The van der Waals surface area contributed by atoms with Gasteiger partial charge in [0.2, 0.25) is 13.7 Å². The van der Waals surface area contributed by atoms with E-state index < -0.39 is 44.5 Å². The fourth-order valence-electron chi connectivity index (χ4n) is 3.27. The van der Waals surface area contributed by atoms with Gasteiger partial charge in [-0.1, -0.05) is 0 Å². The highest BCUT2D eigenvalue weighted by Crippen LogP contribution is 2.43. The first-order chi connectivity index (χ1) is 13.8.